The Morgan fingerprint density at radius 3 is 2.53 bits per heavy atom. The fourth-order valence-electron chi connectivity index (χ4n) is 2.40. The molecule has 2 rings (SSSR count). The first-order valence-electron chi connectivity index (χ1n) is 6.22. The number of hydrogen-bond donors (Lipinski definition) is 1. The summed E-state index contributed by atoms with van der Waals surface area (Å²) in [6, 6.07) is 7.57. The smallest absolute Gasteiger partial charge is 0.132 e. The first-order chi connectivity index (χ1) is 8.28. The molecule has 0 heterocycles. The van der Waals surface area contributed by atoms with E-state index in [0.717, 1.165) is 37.2 Å². The number of hydrogen-bond acceptors (Lipinski definition) is 3. The third-order valence-corrected chi connectivity index (χ3v) is 3.43. The van der Waals surface area contributed by atoms with Crippen LogP contribution >= 0.6 is 0 Å². The van der Waals surface area contributed by atoms with E-state index in [1.165, 1.54) is 6.42 Å². The molecule has 0 amide bonds. The maximum absolute atomic E-state index is 9.57. The summed E-state index contributed by atoms with van der Waals surface area (Å²) in [5.41, 5.74) is -0.384. The lowest BCUT2D eigenvalue weighted by Crippen LogP contribution is -2.41. The summed E-state index contributed by atoms with van der Waals surface area (Å²) in [5, 5.41) is 9.57. The highest BCUT2D eigenvalue weighted by Gasteiger charge is 2.33. The fourth-order valence-corrected chi connectivity index (χ4v) is 2.40. The molecule has 0 unspecified atom stereocenters. The number of methoxy groups -OCH3 is 1. The first-order valence-corrected chi connectivity index (χ1v) is 6.22. The number of aliphatic hydroxyl groups is 1. The van der Waals surface area contributed by atoms with Gasteiger partial charge in [0.15, 0.2) is 0 Å². The van der Waals surface area contributed by atoms with Crippen LogP contribution in [0.15, 0.2) is 24.3 Å². The Kier molecular flexibility index (Phi) is 3.89. The van der Waals surface area contributed by atoms with E-state index in [1.54, 1.807) is 7.11 Å². The van der Waals surface area contributed by atoms with Crippen molar-refractivity contribution in [3.05, 3.63) is 24.3 Å². The quantitative estimate of drug-likeness (QED) is 0.873. The third-order valence-electron chi connectivity index (χ3n) is 3.43. The molecule has 1 fully saturated rings. The molecule has 0 bridgehead atoms. The van der Waals surface area contributed by atoms with Crippen molar-refractivity contribution in [3.63, 3.8) is 0 Å². The topological polar surface area (TPSA) is 38.7 Å². The Labute approximate surface area is 102 Å². The van der Waals surface area contributed by atoms with Gasteiger partial charge < -0.3 is 14.6 Å². The van der Waals surface area contributed by atoms with E-state index in [4.69, 9.17) is 9.47 Å². The van der Waals surface area contributed by atoms with Crippen LogP contribution < -0.4 is 9.47 Å². The highest BCUT2D eigenvalue weighted by atomic mass is 16.5. The molecule has 1 aliphatic carbocycles. The van der Waals surface area contributed by atoms with Crippen molar-refractivity contribution in [3.8, 4) is 11.5 Å². The van der Waals surface area contributed by atoms with Crippen LogP contribution in [0.1, 0.15) is 32.1 Å². The van der Waals surface area contributed by atoms with Gasteiger partial charge in [0.1, 0.15) is 17.1 Å². The molecule has 0 aromatic heterocycles. The van der Waals surface area contributed by atoms with Crippen LogP contribution in [0.25, 0.3) is 0 Å². The van der Waals surface area contributed by atoms with Gasteiger partial charge in [-0.05, 0) is 37.8 Å². The van der Waals surface area contributed by atoms with Gasteiger partial charge in [0.05, 0.1) is 13.7 Å². The molecule has 0 saturated heterocycles. The van der Waals surface area contributed by atoms with E-state index in [-0.39, 0.29) is 12.2 Å². The van der Waals surface area contributed by atoms with Crippen LogP contribution in [0.3, 0.4) is 0 Å². The molecule has 0 atom stereocenters. The van der Waals surface area contributed by atoms with Gasteiger partial charge in [-0.1, -0.05) is 12.5 Å². The lowest BCUT2D eigenvalue weighted by Gasteiger charge is -2.36. The Hall–Kier alpha value is -1.22. The average Bonchev–Trinajstić information content (AvgIpc) is 2.40. The molecule has 0 spiro atoms. The van der Waals surface area contributed by atoms with Crippen molar-refractivity contribution < 1.29 is 14.6 Å². The number of rotatable bonds is 4. The minimum atomic E-state index is -0.384. The van der Waals surface area contributed by atoms with E-state index in [0.29, 0.717) is 0 Å². The van der Waals surface area contributed by atoms with Gasteiger partial charge >= 0.3 is 0 Å². The summed E-state index contributed by atoms with van der Waals surface area (Å²) in [5.74, 6) is 1.56. The van der Waals surface area contributed by atoms with Gasteiger partial charge in [-0.25, -0.2) is 0 Å². The number of aliphatic hydroxyl groups excluding tert-OH is 1. The van der Waals surface area contributed by atoms with Crippen molar-refractivity contribution in [2.45, 2.75) is 37.7 Å². The lowest BCUT2D eigenvalue weighted by molar-refractivity contribution is -0.0199. The van der Waals surface area contributed by atoms with E-state index in [9.17, 15) is 5.11 Å². The molecule has 1 aromatic carbocycles. The second kappa shape index (κ2) is 5.41. The van der Waals surface area contributed by atoms with Crippen LogP contribution in [0, 0.1) is 0 Å². The molecule has 1 saturated carbocycles. The monoisotopic (exact) mass is 236 g/mol. The molecule has 1 N–H and O–H groups in total. The Morgan fingerprint density at radius 2 is 1.88 bits per heavy atom. The number of benzene rings is 1. The average molecular weight is 236 g/mol. The predicted octanol–water partition coefficient (Wildman–Crippen LogP) is 2.77. The highest BCUT2D eigenvalue weighted by molar-refractivity contribution is 5.33. The molecule has 1 aliphatic rings. The maximum Gasteiger partial charge on any atom is 0.132 e. The third kappa shape index (κ3) is 2.91. The van der Waals surface area contributed by atoms with Crippen LogP contribution in [0.5, 0.6) is 11.5 Å². The van der Waals surface area contributed by atoms with E-state index < -0.39 is 0 Å². The Balaban J connectivity index is 2.11. The zero-order valence-electron chi connectivity index (χ0n) is 10.3. The van der Waals surface area contributed by atoms with Gasteiger partial charge in [-0.3, -0.25) is 0 Å². The van der Waals surface area contributed by atoms with Gasteiger partial charge in [-0.2, -0.15) is 0 Å². The van der Waals surface area contributed by atoms with Gasteiger partial charge in [-0.15, -0.1) is 0 Å². The molecular weight excluding hydrogens is 216 g/mol. The van der Waals surface area contributed by atoms with Gasteiger partial charge in [0.25, 0.3) is 0 Å². The summed E-state index contributed by atoms with van der Waals surface area (Å²) < 4.78 is 11.2. The fraction of sp³-hybridized carbons (Fsp3) is 0.571. The Bertz CT molecular complexity index is 356. The molecule has 0 radical (unpaired) electrons. The normalized spacial score (nSPS) is 18.7. The van der Waals surface area contributed by atoms with Gasteiger partial charge in [0.2, 0.25) is 0 Å². The van der Waals surface area contributed by atoms with Crippen LogP contribution in [-0.4, -0.2) is 24.4 Å². The standard InChI is InChI=1S/C14H20O3/c1-16-12-6-5-7-13(10-12)17-14(11-15)8-3-2-4-9-14/h5-7,10,15H,2-4,8-9,11H2,1H3. The van der Waals surface area contributed by atoms with Crippen molar-refractivity contribution in [2.75, 3.05) is 13.7 Å². The predicted molar refractivity (Wildman–Crippen MR) is 66.5 cm³/mol. The largest absolute Gasteiger partial charge is 0.497 e. The van der Waals surface area contributed by atoms with Crippen molar-refractivity contribution >= 4 is 0 Å². The summed E-state index contributed by atoms with van der Waals surface area (Å²) in [7, 11) is 1.64. The molecule has 17 heavy (non-hydrogen) atoms. The van der Waals surface area contributed by atoms with E-state index in [2.05, 4.69) is 0 Å². The zero-order chi connectivity index (χ0) is 12.1. The Morgan fingerprint density at radius 1 is 1.18 bits per heavy atom. The minimum Gasteiger partial charge on any atom is -0.497 e. The summed E-state index contributed by atoms with van der Waals surface area (Å²) in [6.45, 7) is 0.0875. The molecule has 3 nitrogen and oxygen atoms in total. The van der Waals surface area contributed by atoms with E-state index >= 15 is 0 Å². The zero-order valence-corrected chi connectivity index (χ0v) is 10.3. The summed E-state index contributed by atoms with van der Waals surface area (Å²) >= 11 is 0. The lowest BCUT2D eigenvalue weighted by atomic mass is 9.85. The van der Waals surface area contributed by atoms with E-state index in [1.807, 2.05) is 24.3 Å². The molecule has 1 aromatic rings. The molecular formula is C14H20O3. The molecule has 94 valence electrons. The SMILES string of the molecule is COc1cccc(OC2(CO)CCCCC2)c1. The van der Waals surface area contributed by atoms with Crippen molar-refractivity contribution in [1.29, 1.82) is 0 Å². The number of ether oxygens (including phenoxy) is 2. The van der Waals surface area contributed by atoms with Crippen LogP contribution in [0.4, 0.5) is 0 Å². The van der Waals surface area contributed by atoms with Crippen molar-refractivity contribution in [1.82, 2.24) is 0 Å². The minimum absolute atomic E-state index is 0.0875. The highest BCUT2D eigenvalue weighted by Crippen LogP contribution is 2.33. The molecule has 0 aliphatic heterocycles. The maximum atomic E-state index is 9.57. The second-order valence-corrected chi connectivity index (χ2v) is 4.68. The van der Waals surface area contributed by atoms with Gasteiger partial charge in [0, 0.05) is 6.07 Å². The first kappa shape index (κ1) is 12.2. The summed E-state index contributed by atoms with van der Waals surface area (Å²) in [6.07, 6.45) is 5.36. The second-order valence-electron chi connectivity index (χ2n) is 4.68. The van der Waals surface area contributed by atoms with Crippen LogP contribution in [0.2, 0.25) is 0 Å². The summed E-state index contributed by atoms with van der Waals surface area (Å²) in [4.78, 5) is 0. The van der Waals surface area contributed by atoms with Crippen molar-refractivity contribution in [2.24, 2.45) is 0 Å². The molecule has 3 heteroatoms. The van der Waals surface area contributed by atoms with Crippen LogP contribution in [-0.2, 0) is 0 Å².